The summed E-state index contributed by atoms with van der Waals surface area (Å²) >= 11 is 20.8. The predicted octanol–water partition coefficient (Wildman–Crippen LogP) is 5.25. The highest BCUT2D eigenvalue weighted by Gasteiger charge is 2.81. The molecule has 1 fully saturated rings. The predicted molar refractivity (Wildman–Crippen MR) is 58.8 cm³/mol. The first-order valence-electron chi connectivity index (χ1n) is 3.37. The van der Waals surface area contributed by atoms with Gasteiger partial charge in [0, 0.05) is 0 Å². The Kier molecular flexibility index (Phi) is 4.15. The normalized spacial score (nSPS) is 39.4. The summed E-state index contributed by atoms with van der Waals surface area (Å²) in [5.74, 6) is -4.89. The number of halogens is 9. The largest absolute Gasteiger partial charge is 0.340 e. The molecule has 1 rings (SSSR count). The molecule has 0 saturated carbocycles. The van der Waals surface area contributed by atoms with E-state index in [1.165, 1.54) is 0 Å². The summed E-state index contributed by atoms with van der Waals surface area (Å²) in [6, 6.07) is 0. The van der Waals surface area contributed by atoms with E-state index in [4.69, 9.17) is 46.4 Å². The zero-order valence-corrected chi connectivity index (χ0v) is 11.5. The van der Waals surface area contributed by atoms with E-state index in [1.807, 2.05) is 0 Å². The minimum absolute atomic E-state index is 0.125. The van der Waals surface area contributed by atoms with Crippen molar-refractivity contribution in [2.45, 2.75) is 25.3 Å². The molecule has 0 aromatic heterocycles. The van der Waals surface area contributed by atoms with Crippen LogP contribution < -0.4 is 0 Å². The summed E-state index contributed by atoms with van der Waals surface area (Å²) in [5.41, 5.74) is 0. The minimum Gasteiger partial charge on any atom is -0.219 e. The monoisotopic (exact) mass is 360 g/mol. The molecular formula is C5HCl4F5S2. The van der Waals surface area contributed by atoms with Crippen LogP contribution in [0.1, 0.15) is 0 Å². The maximum Gasteiger partial charge on any atom is 0.340 e. The molecule has 0 bridgehead atoms. The number of hydrogen-bond donors (Lipinski definition) is 0. The second kappa shape index (κ2) is 4.27. The summed E-state index contributed by atoms with van der Waals surface area (Å²) in [4.78, 5) is 0. The standard InChI is InChI=1S/C5HCl4F5S2/c6-3(14)4(7,2(12,13)1(10)11)15-16-5(3,8)9/h1H. The Morgan fingerprint density at radius 2 is 1.44 bits per heavy atom. The smallest absolute Gasteiger partial charge is 0.219 e. The van der Waals surface area contributed by atoms with Gasteiger partial charge in [-0.15, -0.1) is 0 Å². The molecule has 2 unspecified atom stereocenters. The molecule has 1 aliphatic rings. The summed E-state index contributed by atoms with van der Waals surface area (Å²) in [6.45, 7) is 0. The van der Waals surface area contributed by atoms with Gasteiger partial charge in [0.15, 0.2) is 0 Å². The van der Waals surface area contributed by atoms with Crippen molar-refractivity contribution >= 4 is 68.0 Å². The fourth-order valence-electron chi connectivity index (χ4n) is 0.807. The lowest BCUT2D eigenvalue weighted by Crippen LogP contribution is -2.58. The fourth-order valence-corrected chi connectivity index (χ4v) is 5.74. The molecule has 1 saturated heterocycles. The lowest BCUT2D eigenvalue weighted by Gasteiger charge is -2.36. The van der Waals surface area contributed by atoms with Crippen LogP contribution in [0.5, 0.6) is 0 Å². The molecule has 0 nitrogen and oxygen atoms in total. The average molecular weight is 362 g/mol. The van der Waals surface area contributed by atoms with Crippen molar-refractivity contribution in [3.8, 4) is 0 Å². The van der Waals surface area contributed by atoms with Gasteiger partial charge in [0.2, 0.25) is 7.87 Å². The Labute approximate surface area is 115 Å². The number of rotatable bonds is 2. The van der Waals surface area contributed by atoms with Gasteiger partial charge in [0.25, 0.3) is 5.13 Å². The molecule has 16 heavy (non-hydrogen) atoms. The summed E-state index contributed by atoms with van der Waals surface area (Å²) in [7, 11) is 0.0281. The third-order valence-electron chi connectivity index (χ3n) is 1.73. The van der Waals surface area contributed by atoms with Gasteiger partial charge in [0.1, 0.15) is 0 Å². The van der Waals surface area contributed by atoms with Crippen LogP contribution in [0, 0.1) is 0 Å². The highest BCUT2D eigenvalue weighted by molar-refractivity contribution is 8.79. The third kappa shape index (κ3) is 1.90. The molecule has 0 radical (unpaired) electrons. The molecule has 1 aliphatic heterocycles. The topological polar surface area (TPSA) is 0 Å². The first-order chi connectivity index (χ1) is 6.90. The summed E-state index contributed by atoms with van der Waals surface area (Å²) in [5, 5.41) is -3.63. The van der Waals surface area contributed by atoms with Crippen LogP contribution in [-0.2, 0) is 0 Å². The highest BCUT2D eigenvalue weighted by atomic mass is 35.5. The summed E-state index contributed by atoms with van der Waals surface area (Å²) < 4.78 is 58.3. The fraction of sp³-hybridized carbons (Fsp3) is 1.00. The average Bonchev–Trinajstić information content (AvgIpc) is 2.27. The zero-order valence-electron chi connectivity index (χ0n) is 6.80. The molecule has 1 heterocycles. The lowest BCUT2D eigenvalue weighted by molar-refractivity contribution is -0.149. The molecule has 0 aliphatic carbocycles. The van der Waals surface area contributed by atoms with Gasteiger partial charge < -0.3 is 0 Å². The van der Waals surface area contributed by atoms with Gasteiger partial charge in [-0.3, -0.25) is 0 Å². The molecule has 0 aromatic carbocycles. The molecule has 96 valence electrons. The molecule has 0 aromatic rings. The van der Waals surface area contributed by atoms with Crippen LogP contribution in [-0.4, -0.2) is 25.3 Å². The molecule has 0 amide bonds. The van der Waals surface area contributed by atoms with E-state index in [1.54, 1.807) is 0 Å². The second-order valence-electron chi connectivity index (χ2n) is 2.78. The van der Waals surface area contributed by atoms with Crippen molar-refractivity contribution in [3.05, 3.63) is 0 Å². The zero-order chi connectivity index (χ0) is 13.0. The van der Waals surface area contributed by atoms with E-state index in [2.05, 4.69) is 0 Å². The Morgan fingerprint density at radius 1 is 1.00 bits per heavy atom. The van der Waals surface area contributed by atoms with E-state index in [-0.39, 0.29) is 21.6 Å². The maximum atomic E-state index is 13.8. The van der Waals surface area contributed by atoms with Crippen molar-refractivity contribution in [1.82, 2.24) is 0 Å². The van der Waals surface area contributed by atoms with E-state index in [0.29, 0.717) is 0 Å². The Hall–Kier alpha value is 1.51. The van der Waals surface area contributed by atoms with Gasteiger partial charge in [-0.25, -0.2) is 13.2 Å². The molecular weight excluding hydrogens is 361 g/mol. The number of alkyl halides is 9. The van der Waals surface area contributed by atoms with Crippen LogP contribution in [0.3, 0.4) is 0 Å². The van der Waals surface area contributed by atoms with Crippen molar-refractivity contribution in [3.63, 3.8) is 0 Å². The Balaban J connectivity index is 3.23. The van der Waals surface area contributed by atoms with E-state index < -0.39 is 25.3 Å². The number of hydrogen-bond acceptors (Lipinski definition) is 2. The van der Waals surface area contributed by atoms with Gasteiger partial charge in [-0.1, -0.05) is 57.2 Å². The first-order valence-corrected chi connectivity index (χ1v) is 7.03. The molecule has 0 N–H and O–H groups in total. The first kappa shape index (κ1) is 15.6. The van der Waals surface area contributed by atoms with Gasteiger partial charge in [-0.05, 0) is 10.8 Å². The third-order valence-corrected chi connectivity index (χ3v) is 8.47. The van der Waals surface area contributed by atoms with E-state index in [9.17, 15) is 22.0 Å². The van der Waals surface area contributed by atoms with Crippen LogP contribution in [0.25, 0.3) is 0 Å². The van der Waals surface area contributed by atoms with Gasteiger partial charge in [0.05, 0.1) is 0 Å². The van der Waals surface area contributed by atoms with Crippen molar-refractivity contribution in [1.29, 1.82) is 0 Å². The SMILES string of the molecule is FC(F)C(F)(F)C1(Cl)SSC(Cl)(Cl)C1(F)Cl. The highest BCUT2D eigenvalue weighted by Crippen LogP contribution is 2.75. The maximum absolute atomic E-state index is 13.8. The van der Waals surface area contributed by atoms with Crippen LogP contribution in [0.2, 0.25) is 0 Å². The second-order valence-corrected chi connectivity index (χ2v) is 8.42. The van der Waals surface area contributed by atoms with Crippen LogP contribution >= 0.6 is 68.0 Å². The Morgan fingerprint density at radius 3 is 1.69 bits per heavy atom. The molecule has 0 spiro atoms. The Bertz CT molecular complexity index is 299. The van der Waals surface area contributed by atoms with Crippen LogP contribution in [0.4, 0.5) is 22.0 Å². The summed E-state index contributed by atoms with van der Waals surface area (Å²) in [6.07, 6.45) is -4.20. The molecule has 11 heteroatoms. The molecule has 2 atom stereocenters. The van der Waals surface area contributed by atoms with Gasteiger partial charge in [-0.2, -0.15) is 8.78 Å². The van der Waals surface area contributed by atoms with Crippen molar-refractivity contribution in [2.24, 2.45) is 0 Å². The van der Waals surface area contributed by atoms with Crippen molar-refractivity contribution in [2.75, 3.05) is 0 Å². The van der Waals surface area contributed by atoms with E-state index in [0.717, 1.165) is 0 Å². The van der Waals surface area contributed by atoms with E-state index >= 15 is 0 Å². The lowest BCUT2D eigenvalue weighted by atomic mass is 10.1. The minimum atomic E-state index is -4.89. The van der Waals surface area contributed by atoms with Gasteiger partial charge >= 0.3 is 12.3 Å². The van der Waals surface area contributed by atoms with Crippen LogP contribution in [0.15, 0.2) is 0 Å². The quantitative estimate of drug-likeness (QED) is 0.374. The van der Waals surface area contributed by atoms with Crippen molar-refractivity contribution < 1.29 is 22.0 Å².